The van der Waals surface area contributed by atoms with E-state index in [4.69, 9.17) is 18.9 Å². The summed E-state index contributed by atoms with van der Waals surface area (Å²) in [4.78, 5) is 14.2. The van der Waals surface area contributed by atoms with E-state index in [0.29, 0.717) is 96.1 Å². The van der Waals surface area contributed by atoms with Gasteiger partial charge in [-0.1, -0.05) is 12.1 Å². The van der Waals surface area contributed by atoms with E-state index >= 15 is 0 Å². The van der Waals surface area contributed by atoms with Gasteiger partial charge in [0.2, 0.25) is 0 Å². The van der Waals surface area contributed by atoms with E-state index in [0.717, 1.165) is 12.1 Å². The summed E-state index contributed by atoms with van der Waals surface area (Å²) in [5, 5.41) is 10.9. The zero-order valence-electron chi connectivity index (χ0n) is 23.8. The third-order valence-electron chi connectivity index (χ3n) is 6.69. The molecule has 0 bridgehead atoms. The van der Waals surface area contributed by atoms with Gasteiger partial charge in [-0.3, -0.25) is 4.79 Å². The molecule has 1 aliphatic heterocycles. The van der Waals surface area contributed by atoms with Gasteiger partial charge in [0.15, 0.2) is 5.78 Å². The Labute approximate surface area is 239 Å². The minimum Gasteiger partial charge on any atom is -0.385 e. The van der Waals surface area contributed by atoms with Crippen molar-refractivity contribution in [3.05, 3.63) is 71.0 Å². The molecule has 3 rings (SSSR count). The van der Waals surface area contributed by atoms with Gasteiger partial charge in [-0.25, -0.2) is 4.39 Å². The van der Waals surface area contributed by atoms with Crippen molar-refractivity contribution in [2.24, 2.45) is 0 Å². The maximum absolute atomic E-state index is 12.9. The Kier molecular flexibility index (Phi) is 15.4. The molecule has 1 aliphatic rings. The molecule has 1 heterocycles. The number of methoxy groups -OCH3 is 2. The number of likely N-dealkylation sites (tertiary alicyclic amines) is 1. The predicted molar refractivity (Wildman–Crippen MR) is 146 cm³/mol. The van der Waals surface area contributed by atoms with Crippen LogP contribution < -0.4 is 0 Å². The van der Waals surface area contributed by atoms with Crippen LogP contribution in [0.4, 0.5) is 17.6 Å². The minimum absolute atomic E-state index is 0.0533. The molecule has 7 nitrogen and oxygen atoms in total. The summed E-state index contributed by atoms with van der Waals surface area (Å²) in [5.41, 5.74) is -1.27. The highest BCUT2D eigenvalue weighted by atomic mass is 19.4. The summed E-state index contributed by atoms with van der Waals surface area (Å²) in [6, 6.07) is 10.3. The van der Waals surface area contributed by atoms with E-state index in [2.05, 4.69) is 4.90 Å². The van der Waals surface area contributed by atoms with Gasteiger partial charge < -0.3 is 29.0 Å². The van der Waals surface area contributed by atoms with Crippen molar-refractivity contribution in [3.8, 4) is 0 Å². The van der Waals surface area contributed by atoms with E-state index in [9.17, 15) is 27.5 Å². The topological polar surface area (TPSA) is 77.5 Å². The second-order valence-electron chi connectivity index (χ2n) is 9.70. The van der Waals surface area contributed by atoms with Gasteiger partial charge in [-0.2, -0.15) is 13.2 Å². The maximum atomic E-state index is 12.9. The second-order valence-corrected chi connectivity index (χ2v) is 9.70. The van der Waals surface area contributed by atoms with Gasteiger partial charge in [0.05, 0.1) is 50.8 Å². The van der Waals surface area contributed by atoms with Crippen LogP contribution in [0.15, 0.2) is 48.5 Å². The first-order chi connectivity index (χ1) is 19.6. The van der Waals surface area contributed by atoms with Crippen LogP contribution in [0.2, 0.25) is 0 Å². The van der Waals surface area contributed by atoms with Gasteiger partial charge in [0, 0.05) is 39.3 Å². The molecule has 0 aromatic heterocycles. The summed E-state index contributed by atoms with van der Waals surface area (Å²) >= 11 is 0. The van der Waals surface area contributed by atoms with Crippen molar-refractivity contribution < 1.29 is 46.4 Å². The number of hydrogen-bond acceptors (Lipinski definition) is 7. The van der Waals surface area contributed by atoms with Gasteiger partial charge in [0.1, 0.15) is 5.82 Å². The average Bonchev–Trinajstić information content (AvgIpc) is 2.96. The number of carbonyl (C=O) groups excluding carboxylic acids is 1. The average molecular weight is 588 g/mol. The van der Waals surface area contributed by atoms with Gasteiger partial charge in [-0.15, -0.1) is 0 Å². The zero-order valence-corrected chi connectivity index (χ0v) is 23.8. The number of nitrogens with zero attached hydrogens (tertiary/aromatic N) is 1. The fourth-order valence-corrected chi connectivity index (χ4v) is 4.27. The molecule has 41 heavy (non-hydrogen) atoms. The lowest BCUT2D eigenvalue weighted by atomic mass is 9.83. The molecule has 1 N–H and O–H groups in total. The molecule has 1 fully saturated rings. The quantitative estimate of drug-likeness (QED) is 0.177. The van der Waals surface area contributed by atoms with Crippen LogP contribution in [0.3, 0.4) is 0 Å². The first-order valence-electron chi connectivity index (χ1n) is 13.6. The molecule has 230 valence electrons. The number of piperidine rings is 1. The molecular weight excluding hydrogens is 546 g/mol. The molecule has 2 aromatic rings. The van der Waals surface area contributed by atoms with E-state index in [1.807, 2.05) is 0 Å². The first kappa shape index (κ1) is 34.8. The van der Waals surface area contributed by atoms with Crippen LogP contribution in [0.5, 0.6) is 0 Å². The van der Waals surface area contributed by atoms with Crippen molar-refractivity contribution in [1.29, 1.82) is 0 Å². The lowest BCUT2D eigenvalue weighted by Crippen LogP contribution is -2.43. The number of aliphatic hydroxyl groups is 1. The number of ether oxygens (including phenoxy) is 4. The summed E-state index contributed by atoms with van der Waals surface area (Å²) < 4.78 is 71.6. The lowest BCUT2D eigenvalue weighted by molar-refractivity contribution is -0.137. The number of hydrogen-bond donors (Lipinski definition) is 1. The highest BCUT2D eigenvalue weighted by Crippen LogP contribution is 2.36. The van der Waals surface area contributed by atoms with E-state index in [1.165, 1.54) is 36.4 Å². The van der Waals surface area contributed by atoms with E-state index < -0.39 is 17.3 Å². The molecule has 0 spiro atoms. The van der Waals surface area contributed by atoms with E-state index in [1.54, 1.807) is 14.2 Å². The number of alkyl halides is 3. The smallest absolute Gasteiger partial charge is 0.385 e. The highest BCUT2D eigenvalue weighted by molar-refractivity contribution is 5.95. The number of Topliss-reactive ketones (excluding diaryl/α,β-unsaturated/α-hetero) is 1. The van der Waals surface area contributed by atoms with Crippen molar-refractivity contribution >= 4 is 5.78 Å². The molecule has 11 heteroatoms. The Hall–Kier alpha value is -2.41. The van der Waals surface area contributed by atoms with Crippen molar-refractivity contribution in [1.82, 2.24) is 4.90 Å². The normalized spacial score (nSPS) is 15.3. The largest absolute Gasteiger partial charge is 0.416 e. The molecular formula is C30H41F4NO6. The molecule has 0 aliphatic carbocycles. The molecule has 1 saturated heterocycles. The van der Waals surface area contributed by atoms with Crippen molar-refractivity contribution in [2.45, 2.75) is 37.5 Å². The summed E-state index contributed by atoms with van der Waals surface area (Å²) in [7, 11) is 3.30. The Balaban J connectivity index is 0.000000415. The Morgan fingerprint density at radius 3 is 2.00 bits per heavy atom. The fraction of sp³-hybridized carbons (Fsp3) is 0.567. The van der Waals surface area contributed by atoms with Gasteiger partial charge in [0.25, 0.3) is 0 Å². The number of benzene rings is 2. The first-order valence-corrected chi connectivity index (χ1v) is 13.6. The van der Waals surface area contributed by atoms with Crippen LogP contribution in [-0.4, -0.2) is 89.3 Å². The monoisotopic (exact) mass is 587 g/mol. The molecule has 0 saturated carbocycles. The third kappa shape index (κ3) is 13.0. The van der Waals surface area contributed by atoms with Crippen LogP contribution in [-0.2, 0) is 30.7 Å². The summed E-state index contributed by atoms with van der Waals surface area (Å²) in [6.45, 7) is 5.51. The fourth-order valence-electron chi connectivity index (χ4n) is 4.27. The van der Waals surface area contributed by atoms with Gasteiger partial charge in [-0.05, 0) is 67.8 Å². The molecule has 0 unspecified atom stereocenters. The number of halogens is 4. The Morgan fingerprint density at radius 2 is 1.46 bits per heavy atom. The van der Waals surface area contributed by atoms with E-state index in [-0.39, 0.29) is 11.6 Å². The highest BCUT2D eigenvalue weighted by Gasteiger charge is 2.36. The second kappa shape index (κ2) is 18.2. The zero-order chi connectivity index (χ0) is 30.1. The SMILES string of the molecule is COCCOCCOCCOC.O=C(CCCN1CCC(O)(c2cccc(C(F)(F)F)c2)CC1)c1ccc(F)cc1. The van der Waals surface area contributed by atoms with Crippen LogP contribution in [0.25, 0.3) is 0 Å². The van der Waals surface area contributed by atoms with Crippen LogP contribution in [0, 0.1) is 5.82 Å². The van der Waals surface area contributed by atoms with Crippen LogP contribution in [0.1, 0.15) is 47.2 Å². The van der Waals surface area contributed by atoms with Crippen molar-refractivity contribution in [3.63, 3.8) is 0 Å². The summed E-state index contributed by atoms with van der Waals surface area (Å²) in [5.74, 6) is -0.439. The summed E-state index contributed by atoms with van der Waals surface area (Å²) in [6.07, 6.45) is -2.82. The number of carbonyl (C=O) groups is 1. The van der Waals surface area contributed by atoms with Crippen LogP contribution >= 0.6 is 0 Å². The Bertz CT molecular complexity index is 1000. The lowest BCUT2D eigenvalue weighted by Gasteiger charge is -2.38. The molecule has 0 atom stereocenters. The predicted octanol–water partition coefficient (Wildman–Crippen LogP) is 5.10. The van der Waals surface area contributed by atoms with Gasteiger partial charge >= 0.3 is 6.18 Å². The molecule has 2 aromatic carbocycles. The number of rotatable bonds is 15. The third-order valence-corrected chi connectivity index (χ3v) is 6.69. The molecule has 0 radical (unpaired) electrons. The molecule has 0 amide bonds. The Morgan fingerprint density at radius 1 is 0.902 bits per heavy atom. The standard InChI is InChI=1S/C22H23F4NO2.C8H18O4/c23-19-8-6-16(7-9-19)20(28)5-2-12-27-13-10-21(29,11-14-27)17-3-1-4-18(15-17)22(24,25)26;1-9-3-5-11-7-8-12-6-4-10-2/h1,3-4,6-9,15,29H,2,5,10-14H2;3-8H2,1-2H3. The minimum atomic E-state index is -4.44. The maximum Gasteiger partial charge on any atom is 0.416 e. The number of ketones is 1. The van der Waals surface area contributed by atoms with Crippen molar-refractivity contribution in [2.75, 3.05) is 73.5 Å².